The van der Waals surface area contributed by atoms with Crippen LogP contribution >= 0.6 is 15.9 Å². The Kier molecular flexibility index (Phi) is 5.28. The van der Waals surface area contributed by atoms with Gasteiger partial charge in [0.15, 0.2) is 11.5 Å². The number of rotatable bonds is 5. The summed E-state index contributed by atoms with van der Waals surface area (Å²) in [6.45, 7) is 3.83. The van der Waals surface area contributed by atoms with Gasteiger partial charge >= 0.3 is 5.97 Å². The largest absolute Gasteiger partial charge is 0.461 e. The van der Waals surface area contributed by atoms with Crippen LogP contribution in [0.25, 0.3) is 5.69 Å². The highest BCUT2D eigenvalue weighted by Crippen LogP contribution is 2.27. The molecule has 0 N–H and O–H groups in total. The first kappa shape index (κ1) is 16.6. The maximum absolute atomic E-state index is 14.0. The van der Waals surface area contributed by atoms with Crippen molar-refractivity contribution in [3.8, 4) is 5.69 Å². The van der Waals surface area contributed by atoms with Gasteiger partial charge in [-0.05, 0) is 41.4 Å². The highest BCUT2D eigenvalue weighted by atomic mass is 79.9. The van der Waals surface area contributed by atoms with E-state index in [1.165, 1.54) is 6.07 Å². The number of benzene rings is 1. The summed E-state index contributed by atoms with van der Waals surface area (Å²) < 4.78 is 33.7. The summed E-state index contributed by atoms with van der Waals surface area (Å²) >= 11 is 3.33. The number of hydrogen-bond acceptors (Lipinski definition) is 3. The van der Waals surface area contributed by atoms with Crippen LogP contribution in [0.1, 0.15) is 36.5 Å². The van der Waals surface area contributed by atoms with Crippen LogP contribution in [0.15, 0.2) is 22.7 Å². The Hall–Kier alpha value is -1.76. The molecule has 1 heterocycles. The minimum Gasteiger partial charge on any atom is -0.461 e. The Labute approximate surface area is 135 Å². The van der Waals surface area contributed by atoms with Crippen molar-refractivity contribution in [3.63, 3.8) is 0 Å². The van der Waals surface area contributed by atoms with E-state index in [0.717, 1.165) is 23.2 Å². The quantitative estimate of drug-likeness (QED) is 0.743. The van der Waals surface area contributed by atoms with E-state index in [4.69, 9.17) is 4.74 Å². The molecule has 1 aromatic heterocycles. The number of nitrogens with zero attached hydrogens (tertiary/aromatic N) is 2. The first-order valence-corrected chi connectivity index (χ1v) is 7.68. The normalized spacial score (nSPS) is 10.8. The van der Waals surface area contributed by atoms with Crippen molar-refractivity contribution in [2.75, 3.05) is 6.61 Å². The molecular formula is C15H15BrF2N2O2. The van der Waals surface area contributed by atoms with Gasteiger partial charge in [0.2, 0.25) is 0 Å². The first-order chi connectivity index (χ1) is 10.5. The maximum Gasteiger partial charge on any atom is 0.358 e. The Balaban J connectivity index is 2.62. The lowest BCUT2D eigenvalue weighted by atomic mass is 10.2. The average Bonchev–Trinajstić information content (AvgIpc) is 2.77. The lowest BCUT2D eigenvalue weighted by molar-refractivity contribution is 0.0514. The van der Waals surface area contributed by atoms with Gasteiger partial charge in [-0.15, -0.1) is 0 Å². The number of esters is 1. The highest BCUT2D eigenvalue weighted by Gasteiger charge is 2.25. The molecule has 22 heavy (non-hydrogen) atoms. The molecule has 0 spiro atoms. The molecule has 4 nitrogen and oxygen atoms in total. The van der Waals surface area contributed by atoms with Gasteiger partial charge in [-0.25, -0.2) is 18.3 Å². The van der Waals surface area contributed by atoms with E-state index < -0.39 is 17.6 Å². The summed E-state index contributed by atoms with van der Waals surface area (Å²) in [5.41, 5.74) is 0.706. The summed E-state index contributed by atoms with van der Waals surface area (Å²) in [6, 6.07) is 3.10. The van der Waals surface area contributed by atoms with Gasteiger partial charge in [0.1, 0.15) is 11.5 Å². The SMILES string of the molecule is CCCc1nn(-c2ccc(F)cc2F)c(C(=O)OCC)c1Br. The lowest BCUT2D eigenvalue weighted by Gasteiger charge is -2.08. The lowest BCUT2D eigenvalue weighted by Crippen LogP contribution is -2.13. The molecule has 2 rings (SSSR count). The van der Waals surface area contributed by atoms with Crippen LogP contribution in [0.3, 0.4) is 0 Å². The molecule has 0 amide bonds. The molecule has 7 heteroatoms. The third-order valence-corrected chi connectivity index (χ3v) is 3.82. The fourth-order valence-corrected chi connectivity index (χ4v) is 2.65. The molecule has 0 unspecified atom stereocenters. The topological polar surface area (TPSA) is 44.1 Å². The molecule has 0 aliphatic carbocycles. The van der Waals surface area contributed by atoms with Crippen LogP contribution in [0.2, 0.25) is 0 Å². The van der Waals surface area contributed by atoms with E-state index in [2.05, 4.69) is 21.0 Å². The van der Waals surface area contributed by atoms with Gasteiger partial charge in [0, 0.05) is 6.07 Å². The number of aromatic nitrogens is 2. The molecule has 0 fully saturated rings. The highest BCUT2D eigenvalue weighted by molar-refractivity contribution is 9.10. The van der Waals surface area contributed by atoms with Gasteiger partial charge < -0.3 is 4.74 Å². The molecular weight excluding hydrogens is 358 g/mol. The molecule has 1 aromatic carbocycles. The number of aryl methyl sites for hydroxylation is 1. The van der Waals surface area contributed by atoms with Crippen molar-refractivity contribution in [2.45, 2.75) is 26.7 Å². The van der Waals surface area contributed by atoms with Gasteiger partial charge in [-0.3, -0.25) is 0 Å². The Morgan fingerprint density at radius 1 is 1.36 bits per heavy atom. The molecule has 2 aromatic rings. The van der Waals surface area contributed by atoms with Crippen molar-refractivity contribution < 1.29 is 18.3 Å². The second-order valence-electron chi connectivity index (χ2n) is 4.59. The summed E-state index contributed by atoms with van der Waals surface area (Å²) in [4.78, 5) is 12.1. The molecule has 0 saturated carbocycles. The second kappa shape index (κ2) is 7.00. The van der Waals surface area contributed by atoms with Gasteiger partial charge in [0.25, 0.3) is 0 Å². The Morgan fingerprint density at radius 2 is 2.09 bits per heavy atom. The summed E-state index contributed by atoms with van der Waals surface area (Å²) in [5, 5.41) is 4.27. The number of ether oxygens (including phenoxy) is 1. The third-order valence-electron chi connectivity index (χ3n) is 2.99. The molecule has 118 valence electrons. The van der Waals surface area contributed by atoms with Gasteiger partial charge in [-0.2, -0.15) is 5.10 Å². The maximum atomic E-state index is 14.0. The van der Waals surface area contributed by atoms with E-state index >= 15 is 0 Å². The van der Waals surface area contributed by atoms with Crippen molar-refractivity contribution in [1.82, 2.24) is 9.78 Å². The molecule has 0 saturated heterocycles. The van der Waals surface area contributed by atoms with Gasteiger partial charge in [-0.1, -0.05) is 13.3 Å². The Bertz CT molecular complexity index is 701. The van der Waals surface area contributed by atoms with Crippen LogP contribution in [-0.2, 0) is 11.2 Å². The van der Waals surface area contributed by atoms with E-state index in [-0.39, 0.29) is 18.0 Å². The van der Waals surface area contributed by atoms with E-state index in [0.29, 0.717) is 16.6 Å². The van der Waals surface area contributed by atoms with E-state index in [1.54, 1.807) is 6.92 Å². The predicted octanol–water partition coefficient (Wildman–Crippen LogP) is 4.04. The first-order valence-electron chi connectivity index (χ1n) is 6.89. The van der Waals surface area contributed by atoms with Crippen LogP contribution in [-0.4, -0.2) is 22.4 Å². The molecule has 0 atom stereocenters. The number of hydrogen-bond donors (Lipinski definition) is 0. The summed E-state index contributed by atoms with van der Waals surface area (Å²) in [6.07, 6.45) is 1.42. The summed E-state index contributed by atoms with van der Waals surface area (Å²) in [7, 11) is 0. The zero-order chi connectivity index (χ0) is 16.3. The standard InChI is InChI=1S/C15H15BrF2N2O2/c1-3-5-11-13(16)14(15(21)22-4-2)20(19-11)12-7-6-9(17)8-10(12)18/h6-8H,3-5H2,1-2H3. The van der Waals surface area contributed by atoms with Crippen molar-refractivity contribution in [3.05, 3.63) is 45.7 Å². The smallest absolute Gasteiger partial charge is 0.358 e. The number of halogens is 3. The van der Waals surface area contributed by atoms with Crippen molar-refractivity contribution in [2.24, 2.45) is 0 Å². The second-order valence-corrected chi connectivity index (χ2v) is 5.38. The third kappa shape index (κ3) is 3.19. The number of carbonyl (C=O) groups excluding carboxylic acids is 1. The van der Waals surface area contributed by atoms with Crippen LogP contribution < -0.4 is 0 Å². The monoisotopic (exact) mass is 372 g/mol. The average molecular weight is 373 g/mol. The molecule has 0 aliphatic heterocycles. The Morgan fingerprint density at radius 3 is 2.68 bits per heavy atom. The zero-order valence-corrected chi connectivity index (χ0v) is 13.8. The van der Waals surface area contributed by atoms with Crippen LogP contribution in [0.4, 0.5) is 8.78 Å². The molecule has 0 bridgehead atoms. The minimum atomic E-state index is -0.802. The fraction of sp³-hybridized carbons (Fsp3) is 0.333. The predicted molar refractivity (Wildman–Crippen MR) is 81.1 cm³/mol. The number of carbonyl (C=O) groups is 1. The van der Waals surface area contributed by atoms with Crippen molar-refractivity contribution in [1.29, 1.82) is 0 Å². The molecule has 0 radical (unpaired) electrons. The molecule has 0 aliphatic rings. The van der Waals surface area contributed by atoms with E-state index in [9.17, 15) is 13.6 Å². The van der Waals surface area contributed by atoms with Gasteiger partial charge in [0.05, 0.1) is 16.8 Å². The van der Waals surface area contributed by atoms with Crippen LogP contribution in [0.5, 0.6) is 0 Å². The minimum absolute atomic E-state index is 0.00694. The van der Waals surface area contributed by atoms with Crippen LogP contribution in [0, 0.1) is 11.6 Å². The van der Waals surface area contributed by atoms with Crippen molar-refractivity contribution >= 4 is 21.9 Å². The van der Waals surface area contributed by atoms with E-state index in [1.807, 2.05) is 6.92 Å². The fourth-order valence-electron chi connectivity index (χ4n) is 2.04. The summed E-state index contributed by atoms with van der Waals surface area (Å²) in [5.74, 6) is -2.12. The zero-order valence-electron chi connectivity index (χ0n) is 12.2.